The van der Waals surface area contributed by atoms with Crippen LogP contribution in [0.3, 0.4) is 0 Å². The third-order valence-electron chi connectivity index (χ3n) is 4.07. The lowest BCUT2D eigenvalue weighted by molar-refractivity contribution is 0.224. The molecule has 1 fully saturated rings. The molecule has 1 aliphatic rings. The molecule has 4 nitrogen and oxygen atoms in total. The van der Waals surface area contributed by atoms with Crippen LogP contribution in [0, 0.1) is 0 Å². The SMILES string of the molecule is CN1CCC(n2c(Cl)c(Cl)c3ccc(NO)cc32)CC1. The van der Waals surface area contributed by atoms with Crippen LogP contribution in [0.2, 0.25) is 10.2 Å². The summed E-state index contributed by atoms with van der Waals surface area (Å²) >= 11 is 12.8. The van der Waals surface area contributed by atoms with Crippen LogP contribution in [0.4, 0.5) is 5.69 Å². The Bertz CT molecular complexity index is 633. The summed E-state index contributed by atoms with van der Waals surface area (Å²) in [7, 11) is 2.13. The normalized spacial score (nSPS) is 17.8. The highest BCUT2D eigenvalue weighted by Gasteiger charge is 2.24. The van der Waals surface area contributed by atoms with Crippen molar-refractivity contribution in [3.05, 3.63) is 28.4 Å². The maximum absolute atomic E-state index is 9.08. The standard InChI is InChI=1S/C14H17Cl2N3O/c1-18-6-4-10(5-7-18)19-12-8-9(17-20)2-3-11(12)13(15)14(19)16/h2-3,8,10,17,20H,4-7H2,1H3. The van der Waals surface area contributed by atoms with E-state index in [0.29, 0.717) is 21.9 Å². The number of likely N-dealkylation sites (tertiary alicyclic amines) is 1. The number of aromatic nitrogens is 1. The minimum Gasteiger partial charge on any atom is -0.327 e. The smallest absolute Gasteiger partial charge is 0.129 e. The van der Waals surface area contributed by atoms with Crippen molar-refractivity contribution in [3.8, 4) is 0 Å². The van der Waals surface area contributed by atoms with Crippen molar-refractivity contribution in [1.82, 2.24) is 9.47 Å². The van der Waals surface area contributed by atoms with Gasteiger partial charge in [-0.2, -0.15) is 0 Å². The Kier molecular flexibility index (Phi) is 3.82. The molecule has 2 heterocycles. The molecule has 1 aromatic heterocycles. The van der Waals surface area contributed by atoms with Gasteiger partial charge < -0.3 is 9.47 Å². The van der Waals surface area contributed by atoms with Crippen LogP contribution in [0.15, 0.2) is 18.2 Å². The lowest BCUT2D eigenvalue weighted by atomic mass is 10.1. The molecule has 0 saturated carbocycles. The molecule has 2 N–H and O–H groups in total. The summed E-state index contributed by atoms with van der Waals surface area (Å²) in [4.78, 5) is 2.32. The number of fused-ring (bicyclic) bond motifs is 1. The molecule has 0 spiro atoms. The van der Waals surface area contributed by atoms with E-state index in [1.54, 1.807) is 6.07 Å². The van der Waals surface area contributed by atoms with Crippen molar-refractivity contribution in [3.63, 3.8) is 0 Å². The average molecular weight is 314 g/mol. The van der Waals surface area contributed by atoms with Gasteiger partial charge in [0.15, 0.2) is 0 Å². The monoisotopic (exact) mass is 313 g/mol. The van der Waals surface area contributed by atoms with Crippen molar-refractivity contribution in [1.29, 1.82) is 0 Å². The van der Waals surface area contributed by atoms with Crippen molar-refractivity contribution in [2.75, 3.05) is 25.6 Å². The van der Waals surface area contributed by atoms with Gasteiger partial charge in [0.1, 0.15) is 5.15 Å². The van der Waals surface area contributed by atoms with E-state index in [2.05, 4.69) is 22.0 Å². The van der Waals surface area contributed by atoms with Crippen LogP contribution < -0.4 is 5.48 Å². The van der Waals surface area contributed by atoms with Crippen LogP contribution in [0.1, 0.15) is 18.9 Å². The van der Waals surface area contributed by atoms with E-state index in [1.807, 2.05) is 12.1 Å². The van der Waals surface area contributed by atoms with Crippen LogP contribution in [-0.4, -0.2) is 34.8 Å². The van der Waals surface area contributed by atoms with Crippen molar-refractivity contribution >= 4 is 39.8 Å². The van der Waals surface area contributed by atoms with Gasteiger partial charge in [-0.1, -0.05) is 23.2 Å². The fourth-order valence-electron chi connectivity index (χ4n) is 2.92. The Balaban J connectivity index is 2.11. The molecule has 0 bridgehead atoms. The first-order valence-electron chi connectivity index (χ1n) is 6.69. The minimum absolute atomic E-state index is 0.350. The lowest BCUT2D eigenvalue weighted by Crippen LogP contribution is -2.31. The zero-order chi connectivity index (χ0) is 14.3. The van der Waals surface area contributed by atoms with E-state index in [0.717, 1.165) is 36.8 Å². The number of nitrogens with one attached hydrogen (secondary N) is 1. The molecule has 6 heteroatoms. The predicted octanol–water partition coefficient (Wildman–Crippen LogP) is 4.02. The average Bonchev–Trinajstić information content (AvgIpc) is 2.72. The molecular formula is C14H17Cl2N3O. The van der Waals surface area contributed by atoms with Gasteiger partial charge in [-0.15, -0.1) is 0 Å². The summed E-state index contributed by atoms with van der Waals surface area (Å²) in [5, 5.41) is 11.2. The molecule has 0 amide bonds. The summed E-state index contributed by atoms with van der Waals surface area (Å²) in [6, 6.07) is 5.89. The molecule has 0 unspecified atom stereocenters. The molecule has 0 radical (unpaired) electrons. The van der Waals surface area contributed by atoms with Crippen LogP contribution >= 0.6 is 23.2 Å². The van der Waals surface area contributed by atoms with E-state index < -0.39 is 0 Å². The Morgan fingerprint density at radius 2 is 1.95 bits per heavy atom. The Morgan fingerprint density at radius 3 is 2.60 bits per heavy atom. The van der Waals surface area contributed by atoms with E-state index in [1.165, 1.54) is 0 Å². The highest BCUT2D eigenvalue weighted by atomic mass is 35.5. The third kappa shape index (κ3) is 2.27. The molecule has 0 aliphatic carbocycles. The molecule has 2 aromatic rings. The van der Waals surface area contributed by atoms with Gasteiger partial charge in [-0.05, 0) is 51.2 Å². The molecule has 1 aliphatic heterocycles. The minimum atomic E-state index is 0.350. The van der Waals surface area contributed by atoms with Crippen molar-refractivity contribution in [2.45, 2.75) is 18.9 Å². The number of benzene rings is 1. The largest absolute Gasteiger partial charge is 0.327 e. The van der Waals surface area contributed by atoms with Gasteiger partial charge in [0.05, 0.1) is 16.2 Å². The zero-order valence-electron chi connectivity index (χ0n) is 11.2. The highest BCUT2D eigenvalue weighted by Crippen LogP contribution is 2.40. The van der Waals surface area contributed by atoms with Crippen molar-refractivity contribution in [2.24, 2.45) is 0 Å². The van der Waals surface area contributed by atoms with Gasteiger partial charge in [-0.25, -0.2) is 0 Å². The second-order valence-corrected chi connectivity index (χ2v) is 6.09. The lowest BCUT2D eigenvalue weighted by Gasteiger charge is -2.31. The summed E-state index contributed by atoms with van der Waals surface area (Å²) in [6.07, 6.45) is 2.10. The van der Waals surface area contributed by atoms with Gasteiger partial charge in [0.2, 0.25) is 0 Å². The Hall–Kier alpha value is -0.940. The summed E-state index contributed by atoms with van der Waals surface area (Å²) in [6.45, 7) is 2.10. The highest BCUT2D eigenvalue weighted by molar-refractivity contribution is 6.45. The second-order valence-electron chi connectivity index (χ2n) is 5.35. The first kappa shape index (κ1) is 14.0. The molecular weight excluding hydrogens is 297 g/mol. The molecule has 108 valence electrons. The first-order valence-corrected chi connectivity index (χ1v) is 7.45. The zero-order valence-corrected chi connectivity index (χ0v) is 12.7. The molecule has 20 heavy (non-hydrogen) atoms. The number of anilines is 1. The summed E-state index contributed by atoms with van der Waals surface area (Å²) < 4.78 is 2.10. The van der Waals surface area contributed by atoms with Gasteiger partial charge in [0, 0.05) is 11.4 Å². The molecule has 3 rings (SSSR count). The van der Waals surface area contributed by atoms with E-state index in [9.17, 15) is 0 Å². The Morgan fingerprint density at radius 1 is 1.25 bits per heavy atom. The van der Waals surface area contributed by atoms with E-state index in [-0.39, 0.29) is 0 Å². The third-order valence-corrected chi connectivity index (χ3v) is 4.92. The predicted molar refractivity (Wildman–Crippen MR) is 83.1 cm³/mol. The number of piperidine rings is 1. The summed E-state index contributed by atoms with van der Waals surface area (Å²) in [5.74, 6) is 0. The number of hydrogen-bond acceptors (Lipinski definition) is 3. The fourth-order valence-corrected chi connectivity index (χ4v) is 3.50. The molecule has 1 aromatic carbocycles. The van der Waals surface area contributed by atoms with Crippen molar-refractivity contribution < 1.29 is 5.21 Å². The number of halogens is 2. The first-order chi connectivity index (χ1) is 9.61. The topological polar surface area (TPSA) is 40.4 Å². The Labute approximate surface area is 127 Å². The maximum atomic E-state index is 9.08. The van der Waals surface area contributed by atoms with Gasteiger partial charge in [0.25, 0.3) is 0 Å². The fraction of sp³-hybridized carbons (Fsp3) is 0.429. The van der Waals surface area contributed by atoms with Crippen LogP contribution in [0.5, 0.6) is 0 Å². The maximum Gasteiger partial charge on any atom is 0.129 e. The van der Waals surface area contributed by atoms with Gasteiger partial charge >= 0.3 is 0 Å². The van der Waals surface area contributed by atoms with Gasteiger partial charge in [-0.3, -0.25) is 10.7 Å². The molecule has 0 atom stereocenters. The summed E-state index contributed by atoms with van der Waals surface area (Å²) in [5.41, 5.74) is 3.78. The van der Waals surface area contributed by atoms with Crippen LogP contribution in [0.25, 0.3) is 10.9 Å². The van der Waals surface area contributed by atoms with E-state index in [4.69, 9.17) is 28.4 Å². The van der Waals surface area contributed by atoms with Crippen LogP contribution in [-0.2, 0) is 0 Å². The quantitative estimate of drug-likeness (QED) is 0.823. The number of nitrogens with zero attached hydrogens (tertiary/aromatic N) is 2. The second kappa shape index (κ2) is 5.45. The number of rotatable bonds is 2. The number of hydrogen-bond donors (Lipinski definition) is 2. The van der Waals surface area contributed by atoms with E-state index >= 15 is 0 Å². The molecule has 1 saturated heterocycles.